The summed E-state index contributed by atoms with van der Waals surface area (Å²) in [4.78, 5) is 68.2. The summed E-state index contributed by atoms with van der Waals surface area (Å²) < 4.78 is 10.9. The number of hydrogen-bond acceptors (Lipinski definition) is 8. The van der Waals surface area contributed by atoms with Gasteiger partial charge in [-0.1, -0.05) is 62.1 Å². The van der Waals surface area contributed by atoms with Gasteiger partial charge in [0.25, 0.3) is 5.91 Å². The number of rotatable bonds is 7. The van der Waals surface area contributed by atoms with Crippen molar-refractivity contribution in [2.45, 2.75) is 115 Å². The monoisotopic (exact) mass is 679 g/mol. The molecule has 5 N–H and O–H groups in total. The molecule has 0 aromatic heterocycles. The van der Waals surface area contributed by atoms with E-state index in [9.17, 15) is 29.1 Å². The summed E-state index contributed by atoms with van der Waals surface area (Å²) in [6.45, 7) is 5.57. The van der Waals surface area contributed by atoms with Crippen LogP contribution in [0.2, 0.25) is 0 Å². The second kappa shape index (κ2) is 15.4. The minimum absolute atomic E-state index is 0.242. The predicted octanol–water partition coefficient (Wildman–Crippen LogP) is 3.66. The van der Waals surface area contributed by atoms with Gasteiger partial charge in [0.2, 0.25) is 11.8 Å². The van der Waals surface area contributed by atoms with Crippen molar-refractivity contribution in [2.24, 2.45) is 11.8 Å². The van der Waals surface area contributed by atoms with Gasteiger partial charge in [-0.25, -0.2) is 9.59 Å². The van der Waals surface area contributed by atoms with E-state index in [1.807, 2.05) is 36.4 Å². The number of nitrogens with zero attached hydrogens (tertiary/aromatic N) is 1. The van der Waals surface area contributed by atoms with E-state index in [4.69, 9.17) is 9.47 Å². The molecule has 2 heterocycles. The fraction of sp³-hybridized carbons (Fsp3) is 0.583. The zero-order valence-corrected chi connectivity index (χ0v) is 28.6. The number of benzene rings is 1. The van der Waals surface area contributed by atoms with E-state index in [1.54, 1.807) is 20.8 Å². The largest absolute Gasteiger partial charge is 0.445 e. The Morgan fingerprint density at radius 2 is 1.80 bits per heavy atom. The Hall–Kier alpha value is -4.39. The highest BCUT2D eigenvalue weighted by Crippen LogP contribution is 2.45. The summed E-state index contributed by atoms with van der Waals surface area (Å²) in [6.07, 6.45) is 8.80. The first kappa shape index (κ1) is 35.9. The van der Waals surface area contributed by atoms with Crippen LogP contribution in [0.25, 0.3) is 0 Å². The van der Waals surface area contributed by atoms with Crippen LogP contribution in [-0.2, 0) is 36.9 Å². The van der Waals surface area contributed by atoms with Gasteiger partial charge in [0.15, 0.2) is 0 Å². The van der Waals surface area contributed by atoms with Crippen molar-refractivity contribution in [1.29, 1.82) is 0 Å². The number of carbonyl (C=O) groups excluding carboxylic acids is 5. The molecule has 4 atom stereocenters. The predicted molar refractivity (Wildman–Crippen MR) is 179 cm³/mol. The van der Waals surface area contributed by atoms with Gasteiger partial charge in [0.05, 0.1) is 0 Å². The van der Waals surface area contributed by atoms with Crippen LogP contribution < -0.4 is 21.3 Å². The Kier molecular flexibility index (Phi) is 11.3. The Morgan fingerprint density at radius 3 is 2.47 bits per heavy atom. The van der Waals surface area contributed by atoms with E-state index >= 15 is 0 Å². The van der Waals surface area contributed by atoms with Gasteiger partial charge in [-0.3, -0.25) is 19.3 Å². The van der Waals surface area contributed by atoms with Crippen LogP contribution in [0.1, 0.15) is 89.7 Å². The molecule has 266 valence electrons. The molecule has 13 heteroatoms. The fourth-order valence-electron chi connectivity index (χ4n) is 6.20. The Bertz CT molecular complexity index is 1460. The quantitative estimate of drug-likeness (QED) is 0.165. The Morgan fingerprint density at radius 1 is 1.08 bits per heavy atom. The van der Waals surface area contributed by atoms with Crippen LogP contribution in [0.3, 0.4) is 0 Å². The summed E-state index contributed by atoms with van der Waals surface area (Å²) in [5.74, 6) is -1.89. The Balaban J connectivity index is 1.34. The maximum atomic E-state index is 13.9. The molecule has 4 aliphatic rings. The van der Waals surface area contributed by atoms with Crippen molar-refractivity contribution in [2.75, 3.05) is 6.61 Å². The van der Waals surface area contributed by atoms with E-state index in [1.165, 1.54) is 11.0 Å². The van der Waals surface area contributed by atoms with E-state index in [2.05, 4.69) is 21.3 Å². The molecule has 5 amide bonds. The molecule has 0 radical (unpaired) electrons. The first-order valence-electron chi connectivity index (χ1n) is 17.3. The standard InChI is InChI=1S/C36H49N5O8/c1-35(2,3)49-33(46)38-27-14-8-6-4-5-7-13-26-20-36(26,32(45)39-29(42)19-23-15-16-23)40-31(44)28(37-30(27)43)17-18-48-34(47)41-21-24-11-9-10-12-25(24)22-41/h7,9-13,17,23,26-27,29,42H,4-6,8,14-16,18-22H2,1-3H3,(H,37,43)(H,38,46)(H,39,45)(H,40,44)/b13-7-,28-17-/t26?,27-,29?,36+/m0/s1. The van der Waals surface area contributed by atoms with Crippen LogP contribution in [0.15, 0.2) is 48.2 Å². The number of carbonyl (C=O) groups is 5. The van der Waals surface area contributed by atoms with Crippen LogP contribution in [0, 0.1) is 11.8 Å². The molecule has 0 saturated heterocycles. The zero-order chi connectivity index (χ0) is 35.2. The minimum atomic E-state index is -1.34. The van der Waals surface area contributed by atoms with E-state index < -0.39 is 53.3 Å². The molecule has 1 aromatic carbocycles. The lowest BCUT2D eigenvalue weighted by atomic mass is 10.1. The van der Waals surface area contributed by atoms with Gasteiger partial charge < -0.3 is 35.8 Å². The van der Waals surface area contributed by atoms with Crippen LogP contribution in [0.4, 0.5) is 9.59 Å². The minimum Gasteiger partial charge on any atom is -0.445 e. The number of allylic oxidation sites excluding steroid dienone is 1. The Labute approximate surface area is 287 Å². The molecule has 0 spiro atoms. The molecule has 5 rings (SSSR count). The molecule has 49 heavy (non-hydrogen) atoms. The van der Waals surface area contributed by atoms with Crippen molar-refractivity contribution in [1.82, 2.24) is 26.2 Å². The number of fused-ring (bicyclic) bond motifs is 2. The topological polar surface area (TPSA) is 175 Å². The average molecular weight is 680 g/mol. The van der Waals surface area contributed by atoms with Crippen molar-refractivity contribution >= 4 is 29.9 Å². The SMILES string of the molecule is CC(C)(C)OC(=O)N[C@H]1CCCCC/C=C\C2C[C@@]2(C(=O)NC(O)CC2CC2)NC(=O)/C(=C/COC(=O)N2Cc3ccccc3C2)NC1=O. The molecule has 2 unspecified atom stereocenters. The van der Waals surface area contributed by atoms with Gasteiger partial charge in [-0.2, -0.15) is 0 Å². The normalized spacial score (nSPS) is 26.4. The van der Waals surface area contributed by atoms with Gasteiger partial charge in [-0.05, 0) is 76.0 Å². The van der Waals surface area contributed by atoms with Crippen LogP contribution >= 0.6 is 0 Å². The number of nitrogens with one attached hydrogen (secondary N) is 4. The number of amides is 5. The average Bonchev–Trinajstić information content (AvgIpc) is 3.93. The van der Waals surface area contributed by atoms with Crippen LogP contribution in [0.5, 0.6) is 0 Å². The lowest BCUT2D eigenvalue weighted by Crippen LogP contribution is -2.55. The van der Waals surface area contributed by atoms with Crippen LogP contribution in [-0.4, -0.2) is 69.9 Å². The molecular weight excluding hydrogens is 630 g/mol. The lowest BCUT2D eigenvalue weighted by molar-refractivity contribution is -0.131. The number of aliphatic hydroxyl groups excluding tert-OH is 1. The third-order valence-corrected chi connectivity index (χ3v) is 9.14. The fourth-order valence-corrected chi connectivity index (χ4v) is 6.20. The maximum Gasteiger partial charge on any atom is 0.410 e. The second-order valence-corrected chi connectivity index (χ2v) is 14.5. The molecule has 2 aliphatic carbocycles. The third kappa shape index (κ3) is 10.1. The molecule has 2 fully saturated rings. The van der Waals surface area contributed by atoms with Crippen molar-refractivity contribution in [3.8, 4) is 0 Å². The van der Waals surface area contributed by atoms with Crippen molar-refractivity contribution < 1.29 is 38.6 Å². The molecule has 0 bridgehead atoms. The van der Waals surface area contributed by atoms with Gasteiger partial charge in [-0.15, -0.1) is 0 Å². The zero-order valence-electron chi connectivity index (χ0n) is 28.6. The lowest BCUT2D eigenvalue weighted by Gasteiger charge is -2.24. The third-order valence-electron chi connectivity index (χ3n) is 9.14. The summed E-state index contributed by atoms with van der Waals surface area (Å²) in [5.41, 5.74) is -0.329. The number of ether oxygens (including phenoxy) is 2. The van der Waals surface area contributed by atoms with Crippen molar-refractivity contribution in [3.05, 3.63) is 59.3 Å². The highest BCUT2D eigenvalue weighted by molar-refractivity contribution is 6.03. The summed E-state index contributed by atoms with van der Waals surface area (Å²) in [5, 5.41) is 21.2. The smallest absolute Gasteiger partial charge is 0.410 e. The van der Waals surface area contributed by atoms with Crippen molar-refractivity contribution in [3.63, 3.8) is 0 Å². The highest BCUT2D eigenvalue weighted by Gasteiger charge is 2.60. The van der Waals surface area contributed by atoms with Gasteiger partial charge in [0.1, 0.15) is 35.7 Å². The summed E-state index contributed by atoms with van der Waals surface area (Å²) >= 11 is 0. The molecule has 2 saturated carbocycles. The van der Waals surface area contributed by atoms with E-state index in [0.29, 0.717) is 44.7 Å². The maximum absolute atomic E-state index is 13.9. The number of alkyl carbamates (subject to hydrolysis) is 1. The molecular formula is C36H49N5O8. The molecule has 2 aliphatic heterocycles. The summed E-state index contributed by atoms with van der Waals surface area (Å²) in [6, 6.07) is 6.67. The number of aliphatic hydroxyl groups is 1. The number of hydrogen-bond donors (Lipinski definition) is 5. The van der Waals surface area contributed by atoms with E-state index in [0.717, 1.165) is 43.2 Å². The van der Waals surface area contributed by atoms with Gasteiger partial charge in [0, 0.05) is 19.0 Å². The van der Waals surface area contributed by atoms with Gasteiger partial charge >= 0.3 is 12.2 Å². The summed E-state index contributed by atoms with van der Waals surface area (Å²) in [7, 11) is 0. The highest BCUT2D eigenvalue weighted by atomic mass is 16.6. The first-order chi connectivity index (χ1) is 23.3. The molecule has 1 aromatic rings. The molecule has 13 nitrogen and oxygen atoms in total. The second-order valence-electron chi connectivity index (χ2n) is 14.5. The first-order valence-corrected chi connectivity index (χ1v) is 17.3. The van der Waals surface area contributed by atoms with E-state index in [-0.39, 0.29) is 18.2 Å².